The van der Waals surface area contributed by atoms with Gasteiger partial charge in [-0.1, -0.05) is 0 Å². The van der Waals surface area contributed by atoms with Gasteiger partial charge in [-0.05, 0) is 6.92 Å². The van der Waals surface area contributed by atoms with Crippen molar-refractivity contribution >= 4 is 5.52 Å². The predicted molar refractivity (Wildman–Crippen MR) is 46.2 cm³/mol. The molecule has 0 spiro atoms. The van der Waals surface area contributed by atoms with Crippen LogP contribution in [0.1, 0.15) is 5.69 Å². The van der Waals surface area contributed by atoms with Gasteiger partial charge in [0.05, 0.1) is 11.7 Å². The molecule has 0 saturated heterocycles. The summed E-state index contributed by atoms with van der Waals surface area (Å²) < 4.78 is 1.92. The van der Waals surface area contributed by atoms with Crippen molar-refractivity contribution in [3.8, 4) is 0 Å². The van der Waals surface area contributed by atoms with Crippen LogP contribution in [-0.2, 0) is 0 Å². The number of hydrogen-bond acceptors (Lipinski definition) is 2. The third-order valence-electron chi connectivity index (χ3n) is 1.81. The van der Waals surface area contributed by atoms with Gasteiger partial charge in [-0.25, -0.2) is 0 Å². The number of aromatic nitrogens is 2. The van der Waals surface area contributed by atoms with Gasteiger partial charge >= 0.3 is 0 Å². The van der Waals surface area contributed by atoms with Crippen molar-refractivity contribution in [2.75, 3.05) is 0 Å². The first-order valence-corrected chi connectivity index (χ1v) is 3.70. The second-order valence-electron chi connectivity index (χ2n) is 2.70. The molecular weight excluding hydrogens is 152 g/mol. The Balaban J connectivity index is 2.99. The predicted octanol–water partition coefficient (Wildman–Crippen LogP) is 1.00. The standard InChI is InChI=1S/C9H8N2O/c1-7-4-9(12)5-8-6-10-2-3-11(7)8/h2-6H,1H3. The minimum Gasteiger partial charge on any atom is -0.318 e. The van der Waals surface area contributed by atoms with Gasteiger partial charge in [0.2, 0.25) is 0 Å². The van der Waals surface area contributed by atoms with Crippen LogP contribution in [0, 0.1) is 6.92 Å². The van der Waals surface area contributed by atoms with Crippen LogP contribution in [-0.4, -0.2) is 9.38 Å². The normalized spacial score (nSPS) is 10.4. The molecule has 0 radical (unpaired) electrons. The molecule has 0 fully saturated rings. The third-order valence-corrected chi connectivity index (χ3v) is 1.81. The van der Waals surface area contributed by atoms with Crippen LogP contribution >= 0.6 is 0 Å². The molecule has 3 heteroatoms. The van der Waals surface area contributed by atoms with Gasteiger partial charge < -0.3 is 4.40 Å². The molecule has 0 saturated carbocycles. The zero-order valence-electron chi connectivity index (χ0n) is 6.69. The van der Waals surface area contributed by atoms with E-state index in [2.05, 4.69) is 4.98 Å². The topological polar surface area (TPSA) is 34.4 Å². The Kier molecular flexibility index (Phi) is 1.43. The maximum absolute atomic E-state index is 11.1. The van der Waals surface area contributed by atoms with Gasteiger partial charge in [0, 0.05) is 30.2 Å². The molecule has 2 rings (SSSR count). The number of fused-ring (bicyclic) bond motifs is 1. The maximum atomic E-state index is 11.1. The number of nitrogens with zero attached hydrogens (tertiary/aromatic N) is 2. The van der Waals surface area contributed by atoms with E-state index in [0.29, 0.717) is 0 Å². The summed E-state index contributed by atoms with van der Waals surface area (Å²) in [5.41, 5.74) is 1.79. The SMILES string of the molecule is Cc1cc(=O)cc2cnccn12. The Bertz CT molecular complexity index is 473. The second kappa shape index (κ2) is 2.44. The molecule has 0 amide bonds. The minimum absolute atomic E-state index is 0.0282. The molecule has 2 aromatic rings. The number of hydrogen-bond donors (Lipinski definition) is 0. The molecule has 0 aromatic carbocycles. The first kappa shape index (κ1) is 7.03. The second-order valence-corrected chi connectivity index (χ2v) is 2.70. The highest BCUT2D eigenvalue weighted by Gasteiger charge is 1.94. The lowest BCUT2D eigenvalue weighted by molar-refractivity contribution is 1.04. The highest BCUT2D eigenvalue weighted by molar-refractivity contribution is 5.44. The fraction of sp³-hybridized carbons (Fsp3) is 0.111. The van der Waals surface area contributed by atoms with Crippen LogP contribution in [0.5, 0.6) is 0 Å². The average Bonchev–Trinajstić information content (AvgIpc) is 2.04. The minimum atomic E-state index is 0.0282. The summed E-state index contributed by atoms with van der Waals surface area (Å²) in [7, 11) is 0. The Labute approximate surface area is 69.3 Å². The van der Waals surface area contributed by atoms with Crippen molar-refractivity contribution in [1.29, 1.82) is 0 Å². The molecule has 0 aliphatic heterocycles. The lowest BCUT2D eigenvalue weighted by Crippen LogP contribution is -2.04. The number of aryl methyl sites for hydroxylation is 1. The summed E-state index contributed by atoms with van der Waals surface area (Å²) in [4.78, 5) is 15.0. The molecule has 0 aliphatic rings. The van der Waals surface area contributed by atoms with E-state index in [1.54, 1.807) is 24.5 Å². The van der Waals surface area contributed by atoms with Crippen LogP contribution in [0.4, 0.5) is 0 Å². The molecule has 2 aromatic heterocycles. The molecule has 0 unspecified atom stereocenters. The zero-order valence-corrected chi connectivity index (χ0v) is 6.69. The van der Waals surface area contributed by atoms with E-state index in [-0.39, 0.29) is 5.43 Å². The van der Waals surface area contributed by atoms with Crippen LogP contribution in [0.25, 0.3) is 5.52 Å². The van der Waals surface area contributed by atoms with E-state index < -0.39 is 0 Å². The van der Waals surface area contributed by atoms with E-state index in [1.165, 1.54) is 0 Å². The van der Waals surface area contributed by atoms with Gasteiger partial charge in [-0.2, -0.15) is 0 Å². The Morgan fingerprint density at radius 1 is 1.42 bits per heavy atom. The molecule has 3 nitrogen and oxygen atoms in total. The lowest BCUT2D eigenvalue weighted by Gasteiger charge is -2.01. The molecule has 0 atom stereocenters. The number of pyridine rings is 1. The first-order valence-electron chi connectivity index (χ1n) is 3.70. The average molecular weight is 160 g/mol. The van der Waals surface area contributed by atoms with E-state index in [4.69, 9.17) is 0 Å². The van der Waals surface area contributed by atoms with E-state index >= 15 is 0 Å². The molecule has 60 valence electrons. The Hall–Kier alpha value is -1.64. The summed E-state index contributed by atoms with van der Waals surface area (Å²) in [6.45, 7) is 1.90. The van der Waals surface area contributed by atoms with Crippen molar-refractivity contribution in [3.05, 3.63) is 46.6 Å². The largest absolute Gasteiger partial charge is 0.318 e. The van der Waals surface area contributed by atoms with E-state index in [0.717, 1.165) is 11.2 Å². The maximum Gasteiger partial charge on any atom is 0.182 e. The van der Waals surface area contributed by atoms with Crippen LogP contribution in [0.3, 0.4) is 0 Å². The van der Waals surface area contributed by atoms with E-state index in [1.807, 2.05) is 17.5 Å². The first-order chi connectivity index (χ1) is 5.77. The summed E-state index contributed by atoms with van der Waals surface area (Å²) in [6.07, 6.45) is 5.21. The molecule has 0 aliphatic carbocycles. The Morgan fingerprint density at radius 2 is 2.25 bits per heavy atom. The molecule has 0 N–H and O–H groups in total. The van der Waals surface area contributed by atoms with Gasteiger partial charge in [-0.15, -0.1) is 0 Å². The molecule has 12 heavy (non-hydrogen) atoms. The smallest absolute Gasteiger partial charge is 0.182 e. The monoisotopic (exact) mass is 160 g/mol. The van der Waals surface area contributed by atoms with Crippen molar-refractivity contribution in [3.63, 3.8) is 0 Å². The quantitative estimate of drug-likeness (QED) is 0.576. The Morgan fingerprint density at radius 3 is 3.08 bits per heavy atom. The highest BCUT2D eigenvalue weighted by atomic mass is 16.1. The van der Waals surface area contributed by atoms with Gasteiger partial charge in [0.1, 0.15) is 0 Å². The number of rotatable bonds is 0. The zero-order chi connectivity index (χ0) is 8.55. The van der Waals surface area contributed by atoms with Crippen molar-refractivity contribution < 1.29 is 0 Å². The van der Waals surface area contributed by atoms with Crippen LogP contribution in [0.15, 0.2) is 35.5 Å². The van der Waals surface area contributed by atoms with Crippen LogP contribution in [0.2, 0.25) is 0 Å². The van der Waals surface area contributed by atoms with Gasteiger partial charge in [0.15, 0.2) is 5.43 Å². The van der Waals surface area contributed by atoms with Gasteiger partial charge in [0.25, 0.3) is 0 Å². The third kappa shape index (κ3) is 0.993. The molecule has 2 heterocycles. The van der Waals surface area contributed by atoms with Crippen molar-refractivity contribution in [2.24, 2.45) is 0 Å². The summed E-state index contributed by atoms with van der Waals surface area (Å²) in [6, 6.07) is 3.17. The molecule has 0 bridgehead atoms. The van der Waals surface area contributed by atoms with Crippen LogP contribution < -0.4 is 5.43 Å². The van der Waals surface area contributed by atoms with Crippen molar-refractivity contribution in [1.82, 2.24) is 9.38 Å². The highest BCUT2D eigenvalue weighted by Crippen LogP contribution is 2.00. The summed E-state index contributed by atoms with van der Waals surface area (Å²) >= 11 is 0. The fourth-order valence-electron chi connectivity index (χ4n) is 1.26. The summed E-state index contributed by atoms with van der Waals surface area (Å²) in [5, 5.41) is 0. The van der Waals surface area contributed by atoms with E-state index in [9.17, 15) is 4.79 Å². The van der Waals surface area contributed by atoms with Crippen molar-refractivity contribution in [2.45, 2.75) is 6.92 Å². The lowest BCUT2D eigenvalue weighted by atomic mass is 10.3. The fourth-order valence-corrected chi connectivity index (χ4v) is 1.26. The molecular formula is C9H8N2O. The van der Waals surface area contributed by atoms with Gasteiger partial charge in [-0.3, -0.25) is 9.78 Å². The summed E-state index contributed by atoms with van der Waals surface area (Å²) in [5.74, 6) is 0.